The number of rotatable bonds is 9. The quantitative estimate of drug-likeness (QED) is 0.330. The first-order valence-corrected chi connectivity index (χ1v) is 9.73. The Labute approximate surface area is 189 Å². The average Bonchev–Trinajstić information content (AvgIpc) is 2.80. The van der Waals surface area contributed by atoms with Crippen LogP contribution in [0.4, 0.5) is 11.4 Å². The van der Waals surface area contributed by atoms with Crippen molar-refractivity contribution < 1.29 is 33.6 Å². The van der Waals surface area contributed by atoms with E-state index < -0.39 is 34.7 Å². The summed E-state index contributed by atoms with van der Waals surface area (Å²) < 4.78 is 9.55. The van der Waals surface area contributed by atoms with Crippen LogP contribution in [0.3, 0.4) is 0 Å². The number of carbonyl (C=O) groups is 4. The third-order valence-electron chi connectivity index (χ3n) is 4.76. The highest BCUT2D eigenvalue weighted by Gasteiger charge is 2.34. The lowest BCUT2D eigenvalue weighted by atomic mass is 9.88. The lowest BCUT2D eigenvalue weighted by Gasteiger charge is -2.26. The molecule has 174 valence electrons. The van der Waals surface area contributed by atoms with Crippen LogP contribution in [-0.2, 0) is 23.9 Å². The number of esters is 2. The maximum atomic E-state index is 12.8. The van der Waals surface area contributed by atoms with Crippen LogP contribution in [0.5, 0.6) is 0 Å². The molecule has 2 rings (SSSR count). The van der Waals surface area contributed by atoms with Gasteiger partial charge in [-0.3, -0.25) is 24.5 Å². The van der Waals surface area contributed by atoms with Gasteiger partial charge in [-0.2, -0.15) is 0 Å². The van der Waals surface area contributed by atoms with E-state index in [1.54, 1.807) is 0 Å². The zero-order chi connectivity index (χ0) is 24.5. The molecule has 0 fully saturated rings. The van der Waals surface area contributed by atoms with E-state index in [0.717, 1.165) is 7.11 Å². The molecule has 2 amide bonds. The molecule has 33 heavy (non-hydrogen) atoms. The van der Waals surface area contributed by atoms with E-state index in [1.807, 2.05) is 0 Å². The van der Waals surface area contributed by atoms with Gasteiger partial charge in [-0.25, -0.2) is 4.79 Å². The van der Waals surface area contributed by atoms with Crippen molar-refractivity contribution in [2.75, 3.05) is 19.5 Å². The number of hydrogen-bond acceptors (Lipinski definition) is 8. The highest BCUT2D eigenvalue weighted by atomic mass is 16.6. The predicted molar refractivity (Wildman–Crippen MR) is 116 cm³/mol. The summed E-state index contributed by atoms with van der Waals surface area (Å²) in [4.78, 5) is 59.0. The van der Waals surface area contributed by atoms with Crippen LogP contribution in [0.25, 0.3) is 0 Å². The summed E-state index contributed by atoms with van der Waals surface area (Å²) in [5.74, 6) is -3.29. The molecule has 0 aliphatic rings. The Morgan fingerprint density at radius 3 is 2.06 bits per heavy atom. The number of non-ortho nitro benzene ring substituents is 1. The molecule has 0 unspecified atom stereocenters. The molecule has 11 nitrogen and oxygen atoms in total. The molecule has 2 aromatic carbocycles. The van der Waals surface area contributed by atoms with Crippen LogP contribution in [0.15, 0.2) is 48.5 Å². The van der Waals surface area contributed by atoms with Crippen LogP contribution in [0.1, 0.15) is 35.2 Å². The molecule has 0 saturated heterocycles. The topological polar surface area (TPSA) is 154 Å². The summed E-state index contributed by atoms with van der Waals surface area (Å²) in [6.45, 7) is 1.35. The number of methoxy groups -OCH3 is 2. The number of anilines is 1. The molecule has 0 aliphatic carbocycles. The minimum atomic E-state index is -1.29. The molecule has 0 bridgehead atoms. The molecular formula is C22H23N3O8. The van der Waals surface area contributed by atoms with E-state index >= 15 is 0 Å². The standard InChI is InChI=1S/C22H23N3O8/c1-13(26)23-16-8-4-15(5-9-16)21(28)24-20(22(29)33-3)18(12-19(27)32-2)14-6-10-17(11-7-14)25(30)31/h4-11,18,20H,12H2,1-3H3,(H,23,26)(H,24,28)/t18-,20+/m0/s1. The van der Waals surface area contributed by atoms with Gasteiger partial charge in [0.25, 0.3) is 11.6 Å². The smallest absolute Gasteiger partial charge is 0.329 e. The van der Waals surface area contributed by atoms with E-state index in [0.29, 0.717) is 11.3 Å². The number of ether oxygens (including phenoxy) is 2. The Balaban J connectivity index is 2.36. The third-order valence-corrected chi connectivity index (χ3v) is 4.76. The maximum Gasteiger partial charge on any atom is 0.329 e. The number of nitro benzene ring substituents is 1. The minimum absolute atomic E-state index is 0.173. The highest BCUT2D eigenvalue weighted by Crippen LogP contribution is 2.27. The number of nitrogens with one attached hydrogen (secondary N) is 2. The second-order valence-electron chi connectivity index (χ2n) is 6.97. The summed E-state index contributed by atoms with van der Waals surface area (Å²) in [6, 6.07) is 9.92. The molecule has 2 aromatic rings. The van der Waals surface area contributed by atoms with Gasteiger partial charge in [0.05, 0.1) is 25.6 Å². The van der Waals surface area contributed by atoms with Crippen molar-refractivity contribution in [3.63, 3.8) is 0 Å². The van der Waals surface area contributed by atoms with E-state index in [9.17, 15) is 29.3 Å². The highest BCUT2D eigenvalue weighted by molar-refractivity contribution is 5.98. The van der Waals surface area contributed by atoms with Gasteiger partial charge in [0, 0.05) is 36.2 Å². The Hall–Kier alpha value is -4.28. The zero-order valence-electron chi connectivity index (χ0n) is 18.2. The number of nitro groups is 1. The Kier molecular flexibility index (Phi) is 8.61. The number of hydrogen-bond donors (Lipinski definition) is 2. The lowest BCUT2D eigenvalue weighted by molar-refractivity contribution is -0.384. The van der Waals surface area contributed by atoms with Crippen molar-refractivity contribution in [3.8, 4) is 0 Å². The summed E-state index contributed by atoms with van der Waals surface area (Å²) in [6.07, 6.45) is -0.296. The van der Waals surface area contributed by atoms with Gasteiger partial charge in [0.1, 0.15) is 6.04 Å². The summed E-state index contributed by atoms with van der Waals surface area (Å²) in [5, 5.41) is 16.1. The molecule has 0 spiro atoms. The Morgan fingerprint density at radius 2 is 1.58 bits per heavy atom. The van der Waals surface area contributed by atoms with Gasteiger partial charge in [-0.05, 0) is 29.8 Å². The van der Waals surface area contributed by atoms with Crippen LogP contribution >= 0.6 is 0 Å². The van der Waals surface area contributed by atoms with Gasteiger partial charge in [-0.1, -0.05) is 12.1 Å². The average molecular weight is 457 g/mol. The van der Waals surface area contributed by atoms with Crippen molar-refractivity contribution in [2.24, 2.45) is 0 Å². The van der Waals surface area contributed by atoms with Crippen LogP contribution in [0.2, 0.25) is 0 Å². The molecule has 11 heteroatoms. The zero-order valence-corrected chi connectivity index (χ0v) is 18.2. The lowest BCUT2D eigenvalue weighted by Crippen LogP contribution is -2.46. The SMILES string of the molecule is COC(=O)C[C@@H](c1ccc([N+](=O)[O-])cc1)[C@@H](NC(=O)c1ccc(NC(C)=O)cc1)C(=O)OC. The summed E-state index contributed by atoms with van der Waals surface area (Å²) in [5.41, 5.74) is 0.896. The van der Waals surface area contributed by atoms with Gasteiger partial charge >= 0.3 is 11.9 Å². The van der Waals surface area contributed by atoms with Crippen LogP contribution in [0, 0.1) is 10.1 Å². The van der Waals surface area contributed by atoms with E-state index in [4.69, 9.17) is 9.47 Å². The van der Waals surface area contributed by atoms with Crippen molar-refractivity contribution in [1.29, 1.82) is 0 Å². The molecular weight excluding hydrogens is 434 g/mol. The van der Waals surface area contributed by atoms with Crippen molar-refractivity contribution in [2.45, 2.75) is 25.3 Å². The third kappa shape index (κ3) is 6.86. The van der Waals surface area contributed by atoms with Crippen LogP contribution in [-0.4, -0.2) is 48.9 Å². The fourth-order valence-corrected chi connectivity index (χ4v) is 3.12. The molecule has 2 atom stereocenters. The molecule has 0 aliphatic heterocycles. The molecule has 0 radical (unpaired) electrons. The molecule has 2 N–H and O–H groups in total. The summed E-state index contributed by atoms with van der Waals surface area (Å²) in [7, 11) is 2.31. The Morgan fingerprint density at radius 1 is 0.970 bits per heavy atom. The first kappa shape index (κ1) is 25.0. The normalized spacial score (nSPS) is 12.1. The van der Waals surface area contributed by atoms with E-state index in [2.05, 4.69) is 10.6 Å². The maximum absolute atomic E-state index is 12.8. The van der Waals surface area contributed by atoms with Gasteiger partial charge in [0.2, 0.25) is 5.91 Å². The monoisotopic (exact) mass is 457 g/mol. The summed E-state index contributed by atoms with van der Waals surface area (Å²) >= 11 is 0. The van der Waals surface area contributed by atoms with Crippen molar-refractivity contribution in [1.82, 2.24) is 5.32 Å². The minimum Gasteiger partial charge on any atom is -0.469 e. The predicted octanol–water partition coefficient (Wildman–Crippen LogP) is 2.17. The first-order chi connectivity index (χ1) is 15.7. The molecule has 0 heterocycles. The first-order valence-electron chi connectivity index (χ1n) is 9.73. The molecule has 0 saturated carbocycles. The van der Waals surface area contributed by atoms with E-state index in [1.165, 1.54) is 62.6 Å². The number of benzene rings is 2. The van der Waals surface area contributed by atoms with Gasteiger partial charge in [-0.15, -0.1) is 0 Å². The largest absolute Gasteiger partial charge is 0.469 e. The second-order valence-corrected chi connectivity index (χ2v) is 6.97. The number of carbonyl (C=O) groups excluding carboxylic acids is 4. The van der Waals surface area contributed by atoms with Crippen LogP contribution < -0.4 is 10.6 Å². The number of nitrogens with zero attached hydrogens (tertiary/aromatic N) is 1. The fourth-order valence-electron chi connectivity index (χ4n) is 3.12. The van der Waals surface area contributed by atoms with Gasteiger partial charge < -0.3 is 20.1 Å². The molecule has 0 aromatic heterocycles. The Bertz CT molecular complexity index is 1030. The van der Waals surface area contributed by atoms with Gasteiger partial charge in [0.15, 0.2) is 0 Å². The number of amides is 2. The second kappa shape index (κ2) is 11.4. The van der Waals surface area contributed by atoms with E-state index in [-0.39, 0.29) is 23.6 Å². The fraction of sp³-hybridized carbons (Fsp3) is 0.273. The van der Waals surface area contributed by atoms with Crippen molar-refractivity contribution in [3.05, 3.63) is 69.8 Å². The van der Waals surface area contributed by atoms with Crippen molar-refractivity contribution >= 4 is 35.1 Å².